The normalized spacial score (nSPS) is 23.5. The zero-order valence-corrected chi connectivity index (χ0v) is 21.7. The summed E-state index contributed by atoms with van der Waals surface area (Å²) < 4.78 is 60.8. The predicted molar refractivity (Wildman–Crippen MR) is 130 cm³/mol. The third-order valence-corrected chi connectivity index (χ3v) is 8.19. The summed E-state index contributed by atoms with van der Waals surface area (Å²) in [7, 11) is 0. The van der Waals surface area contributed by atoms with E-state index in [2.05, 4.69) is 35.5 Å². The van der Waals surface area contributed by atoms with E-state index in [0.29, 0.717) is 22.9 Å². The van der Waals surface area contributed by atoms with Crippen LogP contribution in [0.15, 0.2) is 23.1 Å². The van der Waals surface area contributed by atoms with Gasteiger partial charge in [-0.05, 0) is 55.7 Å². The summed E-state index contributed by atoms with van der Waals surface area (Å²) in [6.07, 6.45) is 4.49. The number of aromatic nitrogens is 5. The lowest BCUT2D eigenvalue weighted by atomic mass is 9.81. The molecule has 3 atom stereocenters. The monoisotopic (exact) mass is 563 g/mol. The Morgan fingerprint density at radius 3 is 2.30 bits per heavy atom. The number of fused-ring (bicyclic) bond motifs is 1. The van der Waals surface area contributed by atoms with Gasteiger partial charge in [0.25, 0.3) is 11.8 Å². The molecule has 0 aromatic carbocycles. The van der Waals surface area contributed by atoms with Gasteiger partial charge in [0.05, 0.1) is 23.5 Å². The number of nitrogens with one attached hydrogen (secondary N) is 2. The van der Waals surface area contributed by atoms with E-state index in [4.69, 9.17) is 0 Å². The smallest absolute Gasteiger partial charge is 0.276 e. The highest BCUT2D eigenvalue weighted by atomic mass is 19.3. The molecule has 3 aliphatic carbocycles. The third kappa shape index (κ3) is 5.52. The molecule has 3 aliphatic rings. The Morgan fingerprint density at radius 2 is 1.68 bits per heavy atom. The lowest BCUT2D eigenvalue weighted by Crippen LogP contribution is -2.37. The number of hydrogen-bond donors (Lipinski definition) is 2. The molecular formula is C26H29F4N7O3. The van der Waals surface area contributed by atoms with Crippen LogP contribution in [0.4, 0.5) is 17.6 Å². The molecule has 40 heavy (non-hydrogen) atoms. The zero-order valence-electron chi connectivity index (χ0n) is 21.7. The molecule has 0 saturated heterocycles. The van der Waals surface area contributed by atoms with Crippen LogP contribution in [0.3, 0.4) is 0 Å². The van der Waals surface area contributed by atoms with Crippen LogP contribution in [-0.2, 0) is 4.79 Å². The molecule has 0 radical (unpaired) electrons. The van der Waals surface area contributed by atoms with E-state index in [-0.39, 0.29) is 56.1 Å². The Balaban J connectivity index is 1.25. The maximum Gasteiger partial charge on any atom is 0.276 e. The van der Waals surface area contributed by atoms with Gasteiger partial charge in [-0.2, -0.15) is 0 Å². The first-order chi connectivity index (χ1) is 19.0. The lowest BCUT2D eigenvalue weighted by molar-refractivity contribution is -0.123. The van der Waals surface area contributed by atoms with Gasteiger partial charge in [-0.1, -0.05) is 5.16 Å². The van der Waals surface area contributed by atoms with E-state index < -0.39 is 41.7 Å². The van der Waals surface area contributed by atoms with Crippen LogP contribution < -0.4 is 10.6 Å². The van der Waals surface area contributed by atoms with Gasteiger partial charge in [0, 0.05) is 44.0 Å². The Kier molecular flexibility index (Phi) is 6.53. The summed E-state index contributed by atoms with van der Waals surface area (Å²) in [6.45, 7) is 1.57. The Hall–Kier alpha value is -3.58. The van der Waals surface area contributed by atoms with Gasteiger partial charge in [0.1, 0.15) is 5.69 Å². The van der Waals surface area contributed by atoms with Gasteiger partial charge >= 0.3 is 0 Å². The second-order valence-electron chi connectivity index (χ2n) is 11.3. The second-order valence-corrected chi connectivity index (χ2v) is 11.3. The van der Waals surface area contributed by atoms with Crippen LogP contribution in [0.5, 0.6) is 0 Å². The van der Waals surface area contributed by atoms with E-state index in [1.807, 2.05) is 0 Å². The highest BCUT2D eigenvalue weighted by molar-refractivity contribution is 5.93. The topological polar surface area (TPSA) is 127 Å². The van der Waals surface area contributed by atoms with Crippen LogP contribution in [-0.4, -0.2) is 48.3 Å². The fourth-order valence-electron chi connectivity index (χ4n) is 5.51. The minimum absolute atomic E-state index is 0.00212. The van der Waals surface area contributed by atoms with E-state index in [1.54, 1.807) is 29.8 Å². The fraction of sp³-hybridized carbons (Fsp3) is 0.615. The van der Waals surface area contributed by atoms with Crippen molar-refractivity contribution in [1.82, 2.24) is 35.3 Å². The van der Waals surface area contributed by atoms with Gasteiger partial charge < -0.3 is 10.6 Å². The summed E-state index contributed by atoms with van der Waals surface area (Å²) in [6, 6.07) is 0.625. The number of imidazole rings is 1. The number of alkyl halides is 4. The van der Waals surface area contributed by atoms with Crippen LogP contribution in [0, 0.1) is 24.7 Å². The number of halogens is 4. The molecule has 2 N–H and O–H groups in total. The molecule has 0 bridgehead atoms. The number of carbonyl (C=O) groups is 2. The maximum atomic E-state index is 13.9. The average Bonchev–Trinajstić information content (AvgIpc) is 3.72. The van der Waals surface area contributed by atoms with E-state index in [9.17, 15) is 27.2 Å². The molecule has 14 heteroatoms. The van der Waals surface area contributed by atoms with Gasteiger partial charge in [-0.25, -0.2) is 32.2 Å². The van der Waals surface area contributed by atoms with Gasteiger partial charge in [0.15, 0.2) is 5.69 Å². The minimum atomic E-state index is -2.76. The molecule has 3 saturated carbocycles. The van der Waals surface area contributed by atoms with Crippen molar-refractivity contribution in [3.8, 4) is 0 Å². The van der Waals surface area contributed by atoms with Crippen molar-refractivity contribution in [1.29, 1.82) is 0 Å². The van der Waals surface area contributed by atoms with E-state index >= 15 is 0 Å². The van der Waals surface area contributed by atoms with Gasteiger partial charge in [-0.3, -0.25) is 14.0 Å². The highest BCUT2D eigenvalue weighted by Gasteiger charge is 2.57. The van der Waals surface area contributed by atoms with Crippen molar-refractivity contribution in [3.63, 3.8) is 0 Å². The summed E-state index contributed by atoms with van der Waals surface area (Å²) in [4.78, 5) is 34.8. The molecule has 3 aromatic rings. The molecule has 3 fully saturated rings. The van der Waals surface area contributed by atoms with Crippen LogP contribution >= 0.6 is 0 Å². The van der Waals surface area contributed by atoms with Crippen molar-refractivity contribution >= 4 is 17.6 Å². The molecule has 6 rings (SSSR count). The molecule has 0 aliphatic heterocycles. The van der Waals surface area contributed by atoms with Crippen molar-refractivity contribution in [3.05, 3.63) is 41.2 Å². The van der Waals surface area contributed by atoms with E-state index in [1.165, 1.54) is 0 Å². The molecule has 214 valence electrons. The summed E-state index contributed by atoms with van der Waals surface area (Å²) in [5, 5.41) is 13.1. The predicted octanol–water partition coefficient (Wildman–Crippen LogP) is 4.33. The van der Waals surface area contributed by atoms with Crippen molar-refractivity contribution in [2.75, 3.05) is 0 Å². The number of amides is 2. The van der Waals surface area contributed by atoms with Crippen LogP contribution in [0.1, 0.15) is 91.0 Å². The Morgan fingerprint density at radius 1 is 1.02 bits per heavy atom. The van der Waals surface area contributed by atoms with Crippen molar-refractivity contribution < 1.29 is 31.8 Å². The number of carbonyl (C=O) groups excluding carboxylic acids is 2. The lowest BCUT2D eigenvalue weighted by Gasteiger charge is -2.33. The Bertz CT molecular complexity index is 1430. The highest BCUT2D eigenvalue weighted by Crippen LogP contribution is 2.51. The number of aryl methyl sites for hydroxylation is 1. The second kappa shape index (κ2) is 9.81. The third-order valence-electron chi connectivity index (χ3n) is 8.19. The van der Waals surface area contributed by atoms with Crippen LogP contribution in [0.25, 0.3) is 5.78 Å². The number of hydrogen-bond acceptors (Lipinski definition) is 7. The first-order valence-electron chi connectivity index (χ1n) is 13.5. The van der Waals surface area contributed by atoms with E-state index in [0.717, 1.165) is 12.8 Å². The Labute approximate surface area is 226 Å². The molecule has 3 heterocycles. The molecule has 2 amide bonds. The number of nitrogens with zero attached hydrogens (tertiary/aromatic N) is 5. The molecule has 2 unspecified atom stereocenters. The first-order valence-corrected chi connectivity index (χ1v) is 13.5. The summed E-state index contributed by atoms with van der Waals surface area (Å²) >= 11 is 0. The summed E-state index contributed by atoms with van der Waals surface area (Å²) in [5.41, 5.74) is 1.31. The maximum absolute atomic E-state index is 13.9. The van der Waals surface area contributed by atoms with Crippen molar-refractivity contribution in [2.45, 2.75) is 82.2 Å². The van der Waals surface area contributed by atoms with Crippen LogP contribution in [0.2, 0.25) is 0 Å². The average molecular weight is 564 g/mol. The van der Waals surface area contributed by atoms with Gasteiger partial charge in [-0.15, -0.1) is 0 Å². The molecule has 0 spiro atoms. The molecular weight excluding hydrogens is 534 g/mol. The zero-order chi connectivity index (χ0) is 28.2. The van der Waals surface area contributed by atoms with Crippen molar-refractivity contribution in [2.24, 2.45) is 17.8 Å². The first kappa shape index (κ1) is 26.6. The number of rotatable bonds is 9. The minimum Gasteiger partial charge on any atom is -0.347 e. The standard InChI is InChI=1S/C26H29F4N7O3/c1-13-20(36-40-35-13)23(39)34-22(15-4-7-25(27,28)8-5-15)18-12-37-9-6-17(31-24(37)32-18)21(14-2-3-14)33-19(38)10-16-11-26(16,29)30/h6,9,12,14-16,21-22H,2-5,7-8,10-11H2,1H3,(H,33,38)(H,34,39)/t16-,21?,22?/m1/s1. The SMILES string of the molecule is Cc1nonc1C(=O)NC(c1cn2ccc(C(NC(=O)C[C@@H]3CC3(F)F)C3CC3)nc2n1)C1CCC(F)(F)CC1. The summed E-state index contributed by atoms with van der Waals surface area (Å²) in [5.74, 6) is -7.25. The quantitative estimate of drug-likeness (QED) is 0.371. The molecule has 3 aromatic heterocycles. The van der Waals surface area contributed by atoms with Gasteiger partial charge in [0.2, 0.25) is 17.6 Å². The largest absolute Gasteiger partial charge is 0.347 e. The fourth-order valence-corrected chi connectivity index (χ4v) is 5.51. The molecule has 10 nitrogen and oxygen atoms in total.